The lowest BCUT2D eigenvalue weighted by molar-refractivity contribution is -0.142. The molecule has 0 spiro atoms. The molecule has 2 aromatic rings. The molecule has 1 aliphatic heterocycles. The SMILES string of the molecule is Cc1ccccc1OCC(O)C(=O)N1CCc2c(nc[nH]c2=O)C1. The average Bonchev–Trinajstić information content (AvgIpc) is 2.60. The molecule has 126 valence electrons. The molecule has 0 radical (unpaired) electrons. The van der Waals surface area contributed by atoms with Gasteiger partial charge < -0.3 is 19.7 Å². The Morgan fingerprint density at radius 1 is 1.46 bits per heavy atom. The monoisotopic (exact) mass is 329 g/mol. The first kappa shape index (κ1) is 16.2. The van der Waals surface area contributed by atoms with E-state index in [-0.39, 0.29) is 18.7 Å². The highest BCUT2D eigenvalue weighted by Crippen LogP contribution is 2.17. The van der Waals surface area contributed by atoms with Gasteiger partial charge in [-0.25, -0.2) is 4.98 Å². The van der Waals surface area contributed by atoms with Crippen molar-refractivity contribution in [3.05, 3.63) is 57.8 Å². The second kappa shape index (κ2) is 6.84. The molecule has 1 aromatic carbocycles. The van der Waals surface area contributed by atoms with Crippen molar-refractivity contribution in [1.29, 1.82) is 0 Å². The standard InChI is InChI=1S/C17H19N3O4/c1-11-4-2-3-5-15(11)24-9-14(21)17(23)20-7-6-12-13(8-20)18-10-19-16(12)22/h2-5,10,14,21H,6-9H2,1H3,(H,18,19,22). The minimum atomic E-state index is -1.26. The molecule has 0 fully saturated rings. The largest absolute Gasteiger partial charge is 0.490 e. The number of hydrogen-bond acceptors (Lipinski definition) is 5. The van der Waals surface area contributed by atoms with Gasteiger partial charge in [0, 0.05) is 12.1 Å². The Balaban J connectivity index is 1.62. The second-order valence-electron chi connectivity index (χ2n) is 5.76. The van der Waals surface area contributed by atoms with E-state index in [0.717, 1.165) is 5.56 Å². The molecule has 0 saturated carbocycles. The Hall–Kier alpha value is -2.67. The number of aliphatic hydroxyl groups is 1. The number of fused-ring (bicyclic) bond motifs is 1. The summed E-state index contributed by atoms with van der Waals surface area (Å²) < 4.78 is 5.53. The Bertz CT molecular complexity index is 802. The molecule has 3 rings (SSSR count). The van der Waals surface area contributed by atoms with E-state index >= 15 is 0 Å². The summed E-state index contributed by atoms with van der Waals surface area (Å²) in [6.07, 6.45) is 0.496. The van der Waals surface area contributed by atoms with Crippen LogP contribution in [0.1, 0.15) is 16.8 Å². The van der Waals surface area contributed by atoms with E-state index in [1.807, 2.05) is 25.1 Å². The Morgan fingerprint density at radius 2 is 2.25 bits per heavy atom. The lowest BCUT2D eigenvalue weighted by Gasteiger charge is -2.29. The molecule has 0 aliphatic carbocycles. The predicted molar refractivity (Wildman–Crippen MR) is 86.7 cm³/mol. The van der Waals surface area contributed by atoms with Crippen LogP contribution >= 0.6 is 0 Å². The first-order valence-corrected chi connectivity index (χ1v) is 7.77. The molecule has 2 heterocycles. The van der Waals surface area contributed by atoms with Crippen molar-refractivity contribution in [3.63, 3.8) is 0 Å². The number of carbonyl (C=O) groups excluding carboxylic acids is 1. The van der Waals surface area contributed by atoms with Crippen molar-refractivity contribution in [1.82, 2.24) is 14.9 Å². The summed E-state index contributed by atoms with van der Waals surface area (Å²) in [5, 5.41) is 10.1. The molecular weight excluding hydrogens is 310 g/mol. The van der Waals surface area contributed by atoms with Crippen molar-refractivity contribution in [2.45, 2.75) is 26.0 Å². The van der Waals surface area contributed by atoms with Gasteiger partial charge in [-0.3, -0.25) is 9.59 Å². The van der Waals surface area contributed by atoms with Gasteiger partial charge >= 0.3 is 0 Å². The van der Waals surface area contributed by atoms with E-state index in [4.69, 9.17) is 4.74 Å². The number of nitrogens with one attached hydrogen (secondary N) is 1. The maximum absolute atomic E-state index is 12.4. The summed E-state index contributed by atoms with van der Waals surface area (Å²) in [6.45, 7) is 2.38. The normalized spacial score (nSPS) is 14.8. The Labute approximate surface area is 138 Å². The van der Waals surface area contributed by atoms with Crippen LogP contribution in [0.2, 0.25) is 0 Å². The highest BCUT2D eigenvalue weighted by atomic mass is 16.5. The van der Waals surface area contributed by atoms with Gasteiger partial charge in [-0.1, -0.05) is 18.2 Å². The number of aromatic amines is 1. The van der Waals surface area contributed by atoms with Crippen LogP contribution < -0.4 is 10.3 Å². The summed E-state index contributed by atoms with van der Waals surface area (Å²) in [5.74, 6) is 0.220. The number of hydrogen-bond donors (Lipinski definition) is 2. The number of ether oxygens (including phenoxy) is 1. The maximum atomic E-state index is 12.4. The number of carbonyl (C=O) groups is 1. The van der Waals surface area contributed by atoms with Crippen LogP contribution in [-0.4, -0.2) is 45.1 Å². The summed E-state index contributed by atoms with van der Waals surface area (Å²) in [5.41, 5.74) is 1.94. The predicted octanol–water partition coefficient (Wildman–Crippen LogP) is 0.403. The van der Waals surface area contributed by atoms with Crippen LogP contribution in [0, 0.1) is 6.92 Å². The number of aliphatic hydroxyl groups excluding tert-OH is 1. The molecule has 0 saturated heterocycles. The van der Waals surface area contributed by atoms with Gasteiger partial charge in [0.1, 0.15) is 12.4 Å². The molecule has 1 aromatic heterocycles. The van der Waals surface area contributed by atoms with Crippen molar-refractivity contribution in [2.75, 3.05) is 13.2 Å². The fraction of sp³-hybridized carbons (Fsp3) is 0.353. The van der Waals surface area contributed by atoms with Crippen LogP contribution in [0.15, 0.2) is 35.4 Å². The van der Waals surface area contributed by atoms with E-state index in [2.05, 4.69) is 9.97 Å². The van der Waals surface area contributed by atoms with Crippen LogP contribution in [-0.2, 0) is 17.8 Å². The average molecular weight is 329 g/mol. The van der Waals surface area contributed by atoms with Gasteiger partial charge in [0.05, 0.1) is 18.6 Å². The van der Waals surface area contributed by atoms with E-state index in [9.17, 15) is 14.7 Å². The smallest absolute Gasteiger partial charge is 0.255 e. The van der Waals surface area contributed by atoms with Gasteiger partial charge in [0.15, 0.2) is 6.10 Å². The third-order valence-electron chi connectivity index (χ3n) is 4.10. The number of nitrogens with zero attached hydrogens (tertiary/aromatic N) is 2. The Kier molecular flexibility index (Phi) is 4.61. The summed E-state index contributed by atoms with van der Waals surface area (Å²) in [7, 11) is 0. The molecule has 1 unspecified atom stereocenters. The highest BCUT2D eigenvalue weighted by Gasteiger charge is 2.28. The number of aromatic nitrogens is 2. The molecular formula is C17H19N3O4. The van der Waals surface area contributed by atoms with Crippen LogP contribution in [0.4, 0.5) is 0 Å². The number of para-hydroxylation sites is 1. The van der Waals surface area contributed by atoms with Crippen LogP contribution in [0.25, 0.3) is 0 Å². The second-order valence-corrected chi connectivity index (χ2v) is 5.76. The lowest BCUT2D eigenvalue weighted by Crippen LogP contribution is -2.45. The van der Waals surface area contributed by atoms with Crippen LogP contribution in [0.3, 0.4) is 0 Å². The molecule has 1 atom stereocenters. The van der Waals surface area contributed by atoms with Crippen molar-refractivity contribution in [3.8, 4) is 5.75 Å². The Morgan fingerprint density at radius 3 is 3.04 bits per heavy atom. The van der Waals surface area contributed by atoms with E-state index < -0.39 is 12.0 Å². The van der Waals surface area contributed by atoms with Crippen molar-refractivity contribution >= 4 is 5.91 Å². The maximum Gasteiger partial charge on any atom is 0.255 e. The highest BCUT2D eigenvalue weighted by molar-refractivity contribution is 5.81. The molecule has 7 nitrogen and oxygen atoms in total. The van der Waals surface area contributed by atoms with Crippen molar-refractivity contribution < 1.29 is 14.6 Å². The molecule has 0 bridgehead atoms. The van der Waals surface area contributed by atoms with E-state index in [1.54, 1.807) is 6.07 Å². The third-order valence-corrected chi connectivity index (χ3v) is 4.10. The zero-order valence-corrected chi connectivity index (χ0v) is 13.4. The zero-order valence-electron chi connectivity index (χ0n) is 13.4. The number of amides is 1. The third kappa shape index (κ3) is 3.30. The number of H-pyrrole nitrogens is 1. The molecule has 7 heteroatoms. The minimum Gasteiger partial charge on any atom is -0.490 e. The summed E-state index contributed by atoms with van der Waals surface area (Å²) in [4.78, 5) is 32.2. The van der Waals surface area contributed by atoms with E-state index in [1.165, 1.54) is 11.2 Å². The fourth-order valence-corrected chi connectivity index (χ4v) is 2.72. The first-order valence-electron chi connectivity index (χ1n) is 7.77. The molecule has 24 heavy (non-hydrogen) atoms. The quantitative estimate of drug-likeness (QED) is 0.847. The minimum absolute atomic E-state index is 0.115. The van der Waals surface area contributed by atoms with E-state index in [0.29, 0.717) is 30.0 Å². The van der Waals surface area contributed by atoms with Gasteiger partial charge in [0.25, 0.3) is 11.5 Å². The first-order chi connectivity index (χ1) is 11.6. The fourth-order valence-electron chi connectivity index (χ4n) is 2.72. The molecule has 1 aliphatic rings. The molecule has 1 amide bonds. The van der Waals surface area contributed by atoms with Crippen molar-refractivity contribution in [2.24, 2.45) is 0 Å². The number of benzene rings is 1. The van der Waals surface area contributed by atoms with Gasteiger partial charge in [-0.2, -0.15) is 0 Å². The zero-order chi connectivity index (χ0) is 17.1. The number of aryl methyl sites for hydroxylation is 1. The summed E-state index contributed by atoms with van der Waals surface area (Å²) in [6, 6.07) is 7.42. The topological polar surface area (TPSA) is 95.5 Å². The summed E-state index contributed by atoms with van der Waals surface area (Å²) >= 11 is 0. The van der Waals surface area contributed by atoms with Gasteiger partial charge in [-0.15, -0.1) is 0 Å². The molecule has 2 N–H and O–H groups in total. The lowest BCUT2D eigenvalue weighted by atomic mass is 10.1. The number of rotatable bonds is 4. The van der Waals surface area contributed by atoms with Gasteiger partial charge in [0.2, 0.25) is 0 Å². The van der Waals surface area contributed by atoms with Gasteiger partial charge in [-0.05, 0) is 25.0 Å². The van der Waals surface area contributed by atoms with Crippen LogP contribution in [0.5, 0.6) is 5.75 Å².